The van der Waals surface area contributed by atoms with E-state index in [4.69, 9.17) is 5.73 Å². The smallest absolute Gasteiger partial charge is 0.230 e. The zero-order chi connectivity index (χ0) is 17.4. The van der Waals surface area contributed by atoms with Gasteiger partial charge in [-0.3, -0.25) is 0 Å². The van der Waals surface area contributed by atoms with Gasteiger partial charge < -0.3 is 15.2 Å². The maximum absolute atomic E-state index is 9.57. The first-order valence-corrected chi connectivity index (χ1v) is 7.90. The standard InChI is InChI=1S/C17H21N7/c1-10-7-12(11(2)24(10)14-5-6-14)8-13(9-18)15-20-16(19)22-17(21-15)23(3)4/h7-8,14H,5-6H2,1-4H3,(H2,19,20,21,22). The van der Waals surface area contributed by atoms with Gasteiger partial charge in [-0.15, -0.1) is 0 Å². The molecule has 0 saturated heterocycles. The zero-order valence-electron chi connectivity index (χ0n) is 14.4. The van der Waals surface area contributed by atoms with Crippen molar-refractivity contribution in [1.29, 1.82) is 5.26 Å². The highest BCUT2D eigenvalue weighted by molar-refractivity contribution is 5.88. The molecule has 0 bridgehead atoms. The number of hydrogen-bond donors (Lipinski definition) is 1. The fourth-order valence-electron chi connectivity index (χ4n) is 2.85. The molecule has 24 heavy (non-hydrogen) atoms. The summed E-state index contributed by atoms with van der Waals surface area (Å²) in [6.07, 6.45) is 4.27. The Morgan fingerprint density at radius 1 is 1.33 bits per heavy atom. The summed E-state index contributed by atoms with van der Waals surface area (Å²) < 4.78 is 2.34. The topological polar surface area (TPSA) is 96.7 Å². The number of anilines is 2. The molecule has 0 aromatic carbocycles. The van der Waals surface area contributed by atoms with E-state index in [0.29, 0.717) is 23.4 Å². The lowest BCUT2D eigenvalue weighted by molar-refractivity contribution is 0.699. The van der Waals surface area contributed by atoms with Crippen molar-refractivity contribution in [2.75, 3.05) is 24.7 Å². The molecule has 7 heteroatoms. The van der Waals surface area contributed by atoms with E-state index in [1.165, 1.54) is 18.5 Å². The number of nitriles is 1. The van der Waals surface area contributed by atoms with Crippen molar-refractivity contribution in [3.63, 3.8) is 0 Å². The highest BCUT2D eigenvalue weighted by atomic mass is 15.3. The molecule has 1 aliphatic rings. The van der Waals surface area contributed by atoms with Gasteiger partial charge in [-0.25, -0.2) is 0 Å². The Kier molecular flexibility index (Phi) is 3.97. The van der Waals surface area contributed by atoms with Crippen molar-refractivity contribution in [2.45, 2.75) is 32.7 Å². The number of allylic oxidation sites excluding steroid dienone is 1. The van der Waals surface area contributed by atoms with Crippen LogP contribution in [-0.2, 0) is 0 Å². The molecule has 0 spiro atoms. The minimum atomic E-state index is 0.105. The maximum Gasteiger partial charge on any atom is 0.230 e. The predicted molar refractivity (Wildman–Crippen MR) is 94.2 cm³/mol. The molecule has 0 radical (unpaired) electrons. The van der Waals surface area contributed by atoms with Gasteiger partial charge in [0.2, 0.25) is 11.9 Å². The quantitative estimate of drug-likeness (QED) is 0.867. The van der Waals surface area contributed by atoms with Crippen molar-refractivity contribution >= 4 is 23.5 Å². The van der Waals surface area contributed by atoms with E-state index >= 15 is 0 Å². The van der Waals surface area contributed by atoms with E-state index in [9.17, 15) is 5.26 Å². The average Bonchev–Trinajstić information content (AvgIpc) is 3.31. The highest BCUT2D eigenvalue weighted by Crippen LogP contribution is 2.38. The third-order valence-corrected chi connectivity index (χ3v) is 4.14. The van der Waals surface area contributed by atoms with Crippen LogP contribution in [0.1, 0.15) is 41.7 Å². The largest absolute Gasteiger partial charge is 0.368 e. The van der Waals surface area contributed by atoms with Gasteiger partial charge in [-0.05, 0) is 44.4 Å². The minimum Gasteiger partial charge on any atom is -0.368 e. The van der Waals surface area contributed by atoms with E-state index < -0.39 is 0 Å². The summed E-state index contributed by atoms with van der Waals surface area (Å²) in [7, 11) is 3.63. The van der Waals surface area contributed by atoms with Crippen molar-refractivity contribution < 1.29 is 0 Å². The van der Waals surface area contributed by atoms with Crippen LogP contribution < -0.4 is 10.6 Å². The molecule has 2 aromatic rings. The fourth-order valence-corrected chi connectivity index (χ4v) is 2.85. The third-order valence-electron chi connectivity index (χ3n) is 4.14. The molecule has 124 valence electrons. The van der Waals surface area contributed by atoms with Gasteiger partial charge in [-0.1, -0.05) is 0 Å². The van der Waals surface area contributed by atoms with Crippen molar-refractivity contribution in [2.24, 2.45) is 0 Å². The number of nitrogens with zero attached hydrogens (tertiary/aromatic N) is 6. The van der Waals surface area contributed by atoms with Crippen LogP contribution in [0.5, 0.6) is 0 Å². The Balaban J connectivity index is 2.05. The van der Waals surface area contributed by atoms with Crippen LogP contribution in [0.4, 0.5) is 11.9 Å². The first-order chi connectivity index (χ1) is 11.4. The van der Waals surface area contributed by atoms with Gasteiger partial charge in [0, 0.05) is 31.5 Å². The van der Waals surface area contributed by atoms with Crippen LogP contribution in [0, 0.1) is 25.2 Å². The molecule has 7 nitrogen and oxygen atoms in total. The number of rotatable bonds is 4. The minimum absolute atomic E-state index is 0.105. The number of aromatic nitrogens is 4. The molecule has 0 amide bonds. The van der Waals surface area contributed by atoms with E-state index in [1.807, 2.05) is 20.2 Å². The van der Waals surface area contributed by atoms with E-state index in [0.717, 1.165) is 11.3 Å². The second-order valence-corrected chi connectivity index (χ2v) is 6.31. The lowest BCUT2D eigenvalue weighted by Crippen LogP contribution is -2.15. The van der Waals surface area contributed by atoms with Crippen LogP contribution in [0.25, 0.3) is 11.6 Å². The normalized spacial score (nSPS) is 14.5. The second kappa shape index (κ2) is 5.96. The van der Waals surface area contributed by atoms with Crippen molar-refractivity contribution in [3.05, 3.63) is 28.8 Å². The van der Waals surface area contributed by atoms with Crippen molar-refractivity contribution in [1.82, 2.24) is 19.5 Å². The maximum atomic E-state index is 9.57. The third kappa shape index (κ3) is 2.95. The summed E-state index contributed by atoms with van der Waals surface area (Å²) in [5, 5.41) is 9.57. The molecule has 1 aliphatic carbocycles. The summed E-state index contributed by atoms with van der Waals surface area (Å²) in [6.45, 7) is 4.18. The average molecular weight is 323 g/mol. The van der Waals surface area contributed by atoms with Gasteiger partial charge in [0.15, 0.2) is 5.82 Å². The Hall–Kier alpha value is -2.88. The molecular formula is C17H21N7. The molecule has 0 unspecified atom stereocenters. The number of hydrogen-bond acceptors (Lipinski definition) is 6. The second-order valence-electron chi connectivity index (χ2n) is 6.31. The SMILES string of the molecule is Cc1cc(C=C(C#N)c2nc(N)nc(N(C)C)n2)c(C)n1C1CC1. The molecule has 0 atom stereocenters. The Bertz CT molecular complexity index is 851. The fraction of sp³-hybridized carbons (Fsp3) is 0.412. The van der Waals surface area contributed by atoms with Gasteiger partial charge in [0.1, 0.15) is 6.07 Å². The van der Waals surface area contributed by atoms with Gasteiger partial charge >= 0.3 is 0 Å². The number of nitrogens with two attached hydrogens (primary N) is 1. The molecule has 1 fully saturated rings. The van der Waals surface area contributed by atoms with Crippen LogP contribution in [0.2, 0.25) is 0 Å². The first kappa shape index (κ1) is 16.0. The first-order valence-electron chi connectivity index (χ1n) is 7.90. The number of nitrogen functional groups attached to an aromatic ring is 1. The van der Waals surface area contributed by atoms with E-state index in [-0.39, 0.29) is 5.95 Å². The van der Waals surface area contributed by atoms with E-state index in [2.05, 4.69) is 45.5 Å². The molecule has 1 saturated carbocycles. The lowest BCUT2D eigenvalue weighted by Gasteiger charge is -2.11. The Labute approximate surface area is 141 Å². The van der Waals surface area contributed by atoms with Gasteiger partial charge in [0.25, 0.3) is 0 Å². The Morgan fingerprint density at radius 3 is 2.62 bits per heavy atom. The lowest BCUT2D eigenvalue weighted by atomic mass is 10.1. The monoisotopic (exact) mass is 323 g/mol. The predicted octanol–water partition coefficient (Wildman–Crippen LogP) is 2.34. The highest BCUT2D eigenvalue weighted by Gasteiger charge is 2.26. The van der Waals surface area contributed by atoms with Crippen LogP contribution in [-0.4, -0.2) is 33.6 Å². The summed E-state index contributed by atoms with van der Waals surface area (Å²) in [5.74, 6) is 0.834. The van der Waals surface area contributed by atoms with Crippen molar-refractivity contribution in [3.8, 4) is 6.07 Å². The zero-order valence-corrected chi connectivity index (χ0v) is 14.4. The van der Waals surface area contributed by atoms with Gasteiger partial charge in [0.05, 0.1) is 5.57 Å². The summed E-state index contributed by atoms with van der Waals surface area (Å²) >= 11 is 0. The van der Waals surface area contributed by atoms with E-state index in [1.54, 1.807) is 4.90 Å². The summed E-state index contributed by atoms with van der Waals surface area (Å²) in [6, 6.07) is 4.89. The molecule has 3 rings (SSSR count). The molecule has 0 aliphatic heterocycles. The van der Waals surface area contributed by atoms with Crippen LogP contribution in [0.3, 0.4) is 0 Å². The Morgan fingerprint density at radius 2 is 2.04 bits per heavy atom. The van der Waals surface area contributed by atoms with Crippen LogP contribution in [0.15, 0.2) is 6.07 Å². The molecular weight excluding hydrogens is 302 g/mol. The van der Waals surface area contributed by atoms with Gasteiger partial charge in [-0.2, -0.15) is 20.2 Å². The summed E-state index contributed by atoms with van der Waals surface area (Å²) in [5.41, 5.74) is 9.53. The molecule has 2 aromatic heterocycles. The molecule has 2 N–H and O–H groups in total. The van der Waals surface area contributed by atoms with Crippen LogP contribution >= 0.6 is 0 Å². The molecule has 2 heterocycles. The number of aryl methyl sites for hydroxylation is 1. The summed E-state index contributed by atoms with van der Waals surface area (Å²) in [4.78, 5) is 14.3.